The van der Waals surface area contributed by atoms with Gasteiger partial charge >= 0.3 is 21.1 Å². The first-order valence-corrected chi connectivity index (χ1v) is 16.5. The molecule has 0 aliphatic heterocycles. The molecule has 5 nitrogen and oxygen atoms in total. The first-order chi connectivity index (χ1) is 22.7. The smallest absolute Gasteiger partial charge is 0.509 e. The predicted octanol–water partition coefficient (Wildman–Crippen LogP) is 11.1. The van der Waals surface area contributed by atoms with Gasteiger partial charge in [-0.1, -0.05) is 83.0 Å². The van der Waals surface area contributed by atoms with E-state index >= 15 is 0 Å². The van der Waals surface area contributed by atoms with Crippen molar-refractivity contribution in [2.24, 2.45) is 0 Å². The summed E-state index contributed by atoms with van der Waals surface area (Å²) in [7, 11) is 0. The zero-order valence-electron chi connectivity index (χ0n) is 28.5. The molecule has 0 radical (unpaired) electrons. The molecule has 3 heterocycles. The third kappa shape index (κ3) is 6.24. The standard InChI is InChI=1S/C42H40N4O.Pt/c1-26(2)30-17-18-43-41(21-30)46-39-14-9-8-13-35(39)36-16-15-34(23-40(36)46)47-33-12-10-11-32(22-33)45-25-31(24-44-45)42-37(27(3)4)19-29(7)20-38(42)28(5)6;/h8-21,24-28H,1-7H3;/q-2;+2. The number of aryl methyl sites for hydroxylation is 1. The molecule has 48 heavy (non-hydrogen) atoms. The minimum Gasteiger partial charge on any atom is -0.509 e. The molecule has 0 spiro atoms. The summed E-state index contributed by atoms with van der Waals surface area (Å²) in [6.45, 7) is 15.6. The third-order valence-electron chi connectivity index (χ3n) is 8.90. The number of ether oxygens (including phenoxy) is 1. The molecule has 3 aromatic heterocycles. The summed E-state index contributed by atoms with van der Waals surface area (Å²) in [5, 5.41) is 7.03. The quantitative estimate of drug-likeness (QED) is 0.144. The van der Waals surface area contributed by atoms with Gasteiger partial charge < -0.3 is 9.30 Å². The van der Waals surface area contributed by atoms with Gasteiger partial charge in [0.15, 0.2) is 0 Å². The van der Waals surface area contributed by atoms with Crippen molar-refractivity contribution in [1.82, 2.24) is 19.3 Å². The minimum atomic E-state index is 0. The van der Waals surface area contributed by atoms with Crippen molar-refractivity contribution in [3.8, 4) is 34.1 Å². The van der Waals surface area contributed by atoms with Crippen LogP contribution >= 0.6 is 0 Å². The molecule has 0 atom stereocenters. The molecular formula is C42H40N4OPt. The van der Waals surface area contributed by atoms with E-state index in [0.29, 0.717) is 29.3 Å². The van der Waals surface area contributed by atoms with Gasteiger partial charge in [-0.05, 0) is 76.2 Å². The SMILES string of the molecule is Cc1cc(C(C)C)c(-c2cnn(-c3[c-]c(Oc4[c-]c5c(cc4)c4ccccc4n5-c4cc(C(C)C)ccn4)ccc3)c2)c(C(C)C)c1.[Pt+2]. The van der Waals surface area contributed by atoms with Gasteiger partial charge in [0.1, 0.15) is 5.82 Å². The van der Waals surface area contributed by atoms with Crippen molar-refractivity contribution in [1.29, 1.82) is 0 Å². The molecule has 0 saturated heterocycles. The molecule has 0 unspecified atom stereocenters. The summed E-state index contributed by atoms with van der Waals surface area (Å²) in [6, 6.07) is 34.3. The summed E-state index contributed by atoms with van der Waals surface area (Å²) in [4.78, 5) is 4.77. The van der Waals surface area contributed by atoms with E-state index in [-0.39, 0.29) is 21.1 Å². The van der Waals surface area contributed by atoms with E-state index < -0.39 is 0 Å². The fraction of sp³-hybridized carbons (Fsp3) is 0.238. The molecule has 0 aliphatic rings. The molecule has 244 valence electrons. The summed E-state index contributed by atoms with van der Waals surface area (Å²) in [6.07, 6.45) is 5.96. The molecule has 6 heteroatoms. The number of hydrogen-bond donors (Lipinski definition) is 0. The molecular weight excluding hydrogens is 772 g/mol. The van der Waals surface area contributed by atoms with Crippen LogP contribution in [0.4, 0.5) is 0 Å². The summed E-state index contributed by atoms with van der Waals surface area (Å²) in [5.74, 6) is 3.27. The topological polar surface area (TPSA) is 44.9 Å². The number of hydrogen-bond acceptors (Lipinski definition) is 3. The second-order valence-electron chi connectivity index (χ2n) is 13.3. The van der Waals surface area contributed by atoms with E-state index in [1.807, 2.05) is 41.3 Å². The average molecular weight is 812 g/mol. The molecule has 7 aromatic rings. The van der Waals surface area contributed by atoms with Crippen molar-refractivity contribution >= 4 is 21.8 Å². The summed E-state index contributed by atoms with van der Waals surface area (Å²) < 4.78 is 10.5. The number of fused-ring (bicyclic) bond motifs is 3. The number of para-hydroxylation sites is 1. The average Bonchev–Trinajstić information content (AvgIpc) is 3.67. The predicted molar refractivity (Wildman–Crippen MR) is 192 cm³/mol. The number of nitrogens with zero attached hydrogens (tertiary/aromatic N) is 4. The first-order valence-electron chi connectivity index (χ1n) is 16.5. The van der Waals surface area contributed by atoms with Crippen LogP contribution in [-0.4, -0.2) is 19.3 Å². The van der Waals surface area contributed by atoms with Crippen LogP contribution in [0.1, 0.15) is 81.5 Å². The van der Waals surface area contributed by atoms with Gasteiger partial charge in [-0.2, -0.15) is 17.2 Å². The van der Waals surface area contributed by atoms with Crippen molar-refractivity contribution < 1.29 is 25.8 Å². The number of pyridine rings is 1. The summed E-state index contributed by atoms with van der Waals surface area (Å²) in [5.41, 5.74) is 10.4. The summed E-state index contributed by atoms with van der Waals surface area (Å²) >= 11 is 0. The van der Waals surface area contributed by atoms with Gasteiger partial charge in [0.25, 0.3) is 0 Å². The van der Waals surface area contributed by atoms with Crippen molar-refractivity contribution in [2.75, 3.05) is 0 Å². The molecule has 7 rings (SSSR count). The van der Waals surface area contributed by atoms with Crippen LogP contribution in [0, 0.1) is 19.1 Å². The zero-order valence-corrected chi connectivity index (χ0v) is 30.8. The number of aromatic nitrogens is 4. The Bertz CT molecular complexity index is 2210. The Morgan fingerprint density at radius 3 is 2.19 bits per heavy atom. The van der Waals surface area contributed by atoms with Gasteiger partial charge in [0, 0.05) is 35.0 Å². The van der Waals surface area contributed by atoms with Crippen LogP contribution in [0.15, 0.2) is 97.5 Å². The van der Waals surface area contributed by atoms with Crippen LogP contribution in [0.5, 0.6) is 11.5 Å². The van der Waals surface area contributed by atoms with Crippen molar-refractivity contribution in [3.05, 3.63) is 132 Å². The zero-order chi connectivity index (χ0) is 32.8. The Balaban J connectivity index is 0.00000401. The van der Waals surface area contributed by atoms with Gasteiger partial charge in [0.05, 0.1) is 6.20 Å². The van der Waals surface area contributed by atoms with E-state index in [4.69, 9.17) is 14.8 Å². The maximum atomic E-state index is 6.42. The Labute approximate surface area is 297 Å². The molecule has 0 fully saturated rings. The van der Waals surface area contributed by atoms with Gasteiger partial charge in [-0.25, -0.2) is 4.98 Å². The van der Waals surface area contributed by atoms with Crippen LogP contribution < -0.4 is 4.74 Å². The van der Waals surface area contributed by atoms with E-state index in [2.05, 4.69) is 126 Å². The molecule has 0 amide bonds. The molecule has 4 aromatic carbocycles. The number of rotatable bonds is 8. The fourth-order valence-electron chi connectivity index (χ4n) is 6.51. The van der Waals surface area contributed by atoms with Gasteiger partial charge in [0.2, 0.25) is 0 Å². The second kappa shape index (κ2) is 13.6. The third-order valence-corrected chi connectivity index (χ3v) is 8.90. The van der Waals surface area contributed by atoms with E-state index in [9.17, 15) is 0 Å². The van der Waals surface area contributed by atoms with Crippen LogP contribution in [0.25, 0.3) is 44.4 Å². The van der Waals surface area contributed by atoms with Crippen LogP contribution in [-0.2, 0) is 21.1 Å². The number of benzene rings is 4. The maximum Gasteiger partial charge on any atom is 2.00 e. The Kier molecular flexibility index (Phi) is 9.45. The molecule has 0 bridgehead atoms. The van der Waals surface area contributed by atoms with Gasteiger partial charge in [-0.3, -0.25) is 4.68 Å². The largest absolute Gasteiger partial charge is 2.00 e. The van der Waals surface area contributed by atoms with Crippen molar-refractivity contribution in [2.45, 2.75) is 66.2 Å². The molecule has 0 saturated carbocycles. The molecule has 0 aliphatic carbocycles. The second-order valence-corrected chi connectivity index (χ2v) is 13.3. The van der Waals surface area contributed by atoms with E-state index in [1.165, 1.54) is 27.8 Å². The Morgan fingerprint density at radius 1 is 0.729 bits per heavy atom. The van der Waals surface area contributed by atoms with Crippen LogP contribution in [0.3, 0.4) is 0 Å². The first kappa shape index (κ1) is 33.4. The Morgan fingerprint density at radius 2 is 1.46 bits per heavy atom. The van der Waals surface area contributed by atoms with Crippen LogP contribution in [0.2, 0.25) is 0 Å². The van der Waals surface area contributed by atoms with Crippen molar-refractivity contribution in [3.63, 3.8) is 0 Å². The van der Waals surface area contributed by atoms with E-state index in [0.717, 1.165) is 38.9 Å². The van der Waals surface area contributed by atoms with Gasteiger partial charge in [-0.15, -0.1) is 35.7 Å². The fourth-order valence-corrected chi connectivity index (χ4v) is 6.51. The monoisotopic (exact) mass is 811 g/mol. The molecule has 0 N–H and O–H groups in total. The minimum absolute atomic E-state index is 0. The van der Waals surface area contributed by atoms with E-state index in [1.54, 1.807) is 0 Å². The Hall–Kier alpha value is -4.47. The normalized spacial score (nSPS) is 11.6. The maximum absolute atomic E-state index is 6.42.